The summed E-state index contributed by atoms with van der Waals surface area (Å²) < 4.78 is 30.9. The highest BCUT2D eigenvalue weighted by Gasteiger charge is 2.37. The summed E-state index contributed by atoms with van der Waals surface area (Å²) in [6, 6.07) is 4.10. The molecule has 1 aromatic carbocycles. The van der Waals surface area contributed by atoms with Crippen LogP contribution in [0.3, 0.4) is 0 Å². The van der Waals surface area contributed by atoms with E-state index >= 15 is 0 Å². The van der Waals surface area contributed by atoms with Crippen LogP contribution in [0, 0.1) is 5.92 Å². The minimum absolute atomic E-state index is 0.100. The molecule has 0 radical (unpaired) electrons. The van der Waals surface area contributed by atoms with Crippen molar-refractivity contribution in [3.63, 3.8) is 0 Å². The number of hydrogen-bond acceptors (Lipinski definition) is 11. The molecule has 0 aliphatic heterocycles. The molecular formula is C27H41NO11. The molecule has 0 bridgehead atoms. The molecule has 12 nitrogen and oxygen atoms in total. The monoisotopic (exact) mass is 555 g/mol. The summed E-state index contributed by atoms with van der Waals surface area (Å²) in [4.78, 5) is 48.5. The molecule has 39 heavy (non-hydrogen) atoms. The standard InChI is InChI=1S/C27H41NO11/c1-8-17(5)35-25(32)38-21-11-10-20(12-22(21)39-26(33)36-18(6)9-2)14-27(28,23(29)30)13-19(7)37-24(31)34-15-16(3)4/h10-12,16-19H,8-9,13-15,28H2,1-7H3,(H,29,30)/t17?,18?,19-,27?/m0/s1. The zero-order valence-corrected chi connectivity index (χ0v) is 23.7. The summed E-state index contributed by atoms with van der Waals surface area (Å²) in [5.41, 5.74) is 4.69. The van der Waals surface area contributed by atoms with Crippen molar-refractivity contribution in [3.05, 3.63) is 23.8 Å². The molecule has 0 aromatic heterocycles. The lowest BCUT2D eigenvalue weighted by atomic mass is 9.86. The summed E-state index contributed by atoms with van der Waals surface area (Å²) in [6.45, 7) is 12.4. The third-order valence-electron chi connectivity index (χ3n) is 5.57. The van der Waals surface area contributed by atoms with E-state index in [1.807, 2.05) is 27.7 Å². The van der Waals surface area contributed by atoms with Gasteiger partial charge in [-0.05, 0) is 57.2 Å². The van der Waals surface area contributed by atoms with Crippen molar-refractivity contribution < 1.29 is 52.7 Å². The van der Waals surface area contributed by atoms with Gasteiger partial charge in [-0.15, -0.1) is 0 Å². The fourth-order valence-corrected chi connectivity index (χ4v) is 3.14. The highest BCUT2D eigenvalue weighted by Crippen LogP contribution is 2.32. The minimum Gasteiger partial charge on any atom is -0.480 e. The Balaban J connectivity index is 3.16. The second-order valence-corrected chi connectivity index (χ2v) is 9.88. The van der Waals surface area contributed by atoms with Gasteiger partial charge in [-0.25, -0.2) is 14.4 Å². The molecule has 1 aromatic rings. The van der Waals surface area contributed by atoms with Crippen molar-refractivity contribution in [2.45, 2.75) is 98.0 Å². The third-order valence-corrected chi connectivity index (χ3v) is 5.57. The smallest absolute Gasteiger partial charge is 0.480 e. The van der Waals surface area contributed by atoms with Crippen LogP contribution in [0.1, 0.15) is 73.3 Å². The average Bonchev–Trinajstić information content (AvgIpc) is 2.83. The van der Waals surface area contributed by atoms with Crippen LogP contribution in [0.2, 0.25) is 0 Å². The number of carbonyl (C=O) groups is 4. The van der Waals surface area contributed by atoms with Gasteiger partial charge in [-0.3, -0.25) is 4.79 Å². The van der Waals surface area contributed by atoms with Gasteiger partial charge >= 0.3 is 24.4 Å². The molecule has 0 aliphatic carbocycles. The van der Waals surface area contributed by atoms with Crippen molar-refractivity contribution >= 4 is 24.4 Å². The quantitative estimate of drug-likeness (QED) is 0.174. The van der Waals surface area contributed by atoms with E-state index in [2.05, 4.69) is 0 Å². The predicted octanol–water partition coefficient (Wildman–Crippen LogP) is 5.23. The van der Waals surface area contributed by atoms with Gasteiger partial charge < -0.3 is 39.3 Å². The third kappa shape index (κ3) is 12.2. The molecule has 3 unspecified atom stereocenters. The van der Waals surface area contributed by atoms with Crippen molar-refractivity contribution in [1.29, 1.82) is 0 Å². The first-order valence-electron chi connectivity index (χ1n) is 12.9. The fraction of sp³-hybridized carbons (Fsp3) is 0.630. The van der Waals surface area contributed by atoms with Gasteiger partial charge in [0.2, 0.25) is 0 Å². The van der Waals surface area contributed by atoms with E-state index in [0.717, 1.165) is 0 Å². The molecular weight excluding hydrogens is 514 g/mol. The zero-order chi connectivity index (χ0) is 29.8. The van der Waals surface area contributed by atoms with Crippen LogP contribution in [0.15, 0.2) is 18.2 Å². The lowest BCUT2D eigenvalue weighted by Crippen LogP contribution is -2.52. The lowest BCUT2D eigenvalue weighted by Gasteiger charge is -2.28. The van der Waals surface area contributed by atoms with E-state index in [1.54, 1.807) is 13.8 Å². The van der Waals surface area contributed by atoms with E-state index in [4.69, 9.17) is 34.2 Å². The summed E-state index contributed by atoms with van der Waals surface area (Å²) in [5, 5.41) is 9.89. The van der Waals surface area contributed by atoms with Crippen molar-refractivity contribution in [2.24, 2.45) is 11.7 Å². The molecule has 0 saturated carbocycles. The Morgan fingerprint density at radius 3 is 1.82 bits per heavy atom. The number of benzene rings is 1. The first-order chi connectivity index (χ1) is 18.2. The molecule has 1 rings (SSSR count). The van der Waals surface area contributed by atoms with Crippen molar-refractivity contribution in [2.75, 3.05) is 6.61 Å². The Labute approximate surface area is 229 Å². The molecule has 0 aliphatic rings. The normalized spacial score (nSPS) is 14.8. The number of hydrogen-bond donors (Lipinski definition) is 2. The second-order valence-electron chi connectivity index (χ2n) is 9.88. The van der Waals surface area contributed by atoms with Gasteiger partial charge in [0.25, 0.3) is 0 Å². The maximum atomic E-state index is 12.3. The molecule has 0 amide bonds. The Bertz CT molecular complexity index is 980. The SMILES string of the molecule is CCC(C)OC(=O)Oc1ccc(CC(N)(C[C@H](C)OC(=O)OCC(C)C)C(=O)O)cc1OC(=O)OC(C)CC. The predicted molar refractivity (Wildman–Crippen MR) is 140 cm³/mol. The number of carboxylic acids is 1. The highest BCUT2D eigenvalue weighted by atomic mass is 16.8. The Morgan fingerprint density at radius 1 is 0.821 bits per heavy atom. The Hall–Kier alpha value is -3.54. The van der Waals surface area contributed by atoms with E-state index in [9.17, 15) is 24.3 Å². The maximum absolute atomic E-state index is 12.3. The maximum Gasteiger partial charge on any atom is 0.514 e. The van der Waals surface area contributed by atoms with Gasteiger partial charge in [-0.2, -0.15) is 0 Å². The van der Waals surface area contributed by atoms with E-state index in [0.29, 0.717) is 18.4 Å². The van der Waals surface area contributed by atoms with Crippen LogP contribution in [0.25, 0.3) is 0 Å². The number of carbonyl (C=O) groups excluding carboxylic acids is 3. The zero-order valence-electron chi connectivity index (χ0n) is 23.7. The van der Waals surface area contributed by atoms with Gasteiger partial charge in [0.15, 0.2) is 11.5 Å². The van der Waals surface area contributed by atoms with Crippen molar-refractivity contribution in [3.8, 4) is 11.5 Å². The van der Waals surface area contributed by atoms with Gasteiger partial charge in [0.1, 0.15) is 23.9 Å². The molecule has 0 fully saturated rings. The average molecular weight is 556 g/mol. The number of ether oxygens (including phenoxy) is 6. The second kappa shape index (κ2) is 15.8. The highest BCUT2D eigenvalue weighted by molar-refractivity contribution is 5.79. The van der Waals surface area contributed by atoms with E-state index in [1.165, 1.54) is 25.1 Å². The first-order valence-corrected chi connectivity index (χ1v) is 12.9. The first kappa shape index (κ1) is 33.5. The Kier molecular flexibility index (Phi) is 13.5. The van der Waals surface area contributed by atoms with E-state index < -0.39 is 48.3 Å². The summed E-state index contributed by atoms with van der Waals surface area (Å²) in [5.74, 6) is -1.58. The van der Waals surface area contributed by atoms with Gasteiger partial charge in [0, 0.05) is 12.8 Å². The molecule has 0 spiro atoms. The number of rotatable bonds is 14. The van der Waals surface area contributed by atoms with Crippen LogP contribution < -0.4 is 15.2 Å². The van der Waals surface area contributed by atoms with Crippen LogP contribution >= 0.6 is 0 Å². The topological polar surface area (TPSA) is 170 Å². The largest absolute Gasteiger partial charge is 0.514 e. The minimum atomic E-state index is -1.87. The van der Waals surface area contributed by atoms with Gasteiger partial charge in [0.05, 0.1) is 6.61 Å². The molecule has 12 heteroatoms. The van der Waals surface area contributed by atoms with Gasteiger partial charge in [-0.1, -0.05) is 33.8 Å². The summed E-state index contributed by atoms with van der Waals surface area (Å²) in [7, 11) is 0. The number of carboxylic acid groups (broad SMARTS) is 1. The molecule has 0 heterocycles. The molecule has 220 valence electrons. The summed E-state index contributed by atoms with van der Waals surface area (Å²) >= 11 is 0. The lowest BCUT2D eigenvalue weighted by molar-refractivity contribution is -0.144. The van der Waals surface area contributed by atoms with Crippen LogP contribution in [-0.2, 0) is 30.2 Å². The molecule has 3 N–H and O–H groups in total. The number of nitrogens with two attached hydrogens (primary N) is 1. The van der Waals surface area contributed by atoms with Crippen molar-refractivity contribution in [1.82, 2.24) is 0 Å². The fourth-order valence-electron chi connectivity index (χ4n) is 3.14. The molecule has 4 atom stereocenters. The molecule has 0 saturated heterocycles. The number of aliphatic carboxylic acids is 1. The van der Waals surface area contributed by atoms with E-state index in [-0.39, 0.29) is 36.9 Å². The Morgan fingerprint density at radius 2 is 1.33 bits per heavy atom. The van der Waals surface area contributed by atoms with Crippen LogP contribution in [0.4, 0.5) is 14.4 Å². The van der Waals surface area contributed by atoms with Crippen LogP contribution in [0.5, 0.6) is 11.5 Å². The summed E-state index contributed by atoms with van der Waals surface area (Å²) in [6.07, 6.45) is -4.09. The van der Waals surface area contributed by atoms with Crippen LogP contribution in [-0.4, -0.2) is 60.0 Å².